The molecule has 0 fully saturated rings. The van der Waals surface area contributed by atoms with E-state index in [9.17, 15) is 24.0 Å². The van der Waals surface area contributed by atoms with Gasteiger partial charge in [-0.2, -0.15) is 25.3 Å². The number of hydrogen-bond donors (Lipinski definition) is 8. The molecule has 13 heteroatoms. The summed E-state index contributed by atoms with van der Waals surface area (Å²) in [5, 5.41) is 16.2. The fourth-order valence-corrected chi connectivity index (χ4v) is 2.69. The molecule has 11 nitrogen and oxygen atoms in total. The fraction of sp³-hybridized carbons (Fsp3) is 0.688. The fourth-order valence-electron chi connectivity index (χ4n) is 2.19. The van der Waals surface area contributed by atoms with Crippen LogP contribution in [0.25, 0.3) is 0 Å². The number of amides is 4. The lowest BCUT2D eigenvalue weighted by Crippen LogP contribution is -2.59. The van der Waals surface area contributed by atoms with Crippen molar-refractivity contribution in [1.82, 2.24) is 16.0 Å². The van der Waals surface area contributed by atoms with Crippen LogP contribution in [0.4, 0.5) is 0 Å². The number of primary amides is 1. The third-order valence-corrected chi connectivity index (χ3v) is 4.89. The summed E-state index contributed by atoms with van der Waals surface area (Å²) in [6.07, 6.45) is 0.114. The first kappa shape index (κ1) is 27.0. The van der Waals surface area contributed by atoms with E-state index in [4.69, 9.17) is 16.6 Å². The number of carboxylic acid groups (broad SMARTS) is 1. The number of carbonyl (C=O) groups excluding carboxylic acids is 4. The second-order valence-corrected chi connectivity index (χ2v) is 7.20. The van der Waals surface area contributed by atoms with Crippen LogP contribution in [0.1, 0.15) is 26.7 Å². The lowest BCUT2D eigenvalue weighted by atomic mass is 9.97. The largest absolute Gasteiger partial charge is 0.480 e. The quantitative estimate of drug-likeness (QED) is 0.143. The summed E-state index contributed by atoms with van der Waals surface area (Å²) in [6.45, 7) is 3.50. The third-order valence-electron chi connectivity index (χ3n) is 4.16. The Hall–Kier alpha value is -1.99. The molecule has 8 N–H and O–H groups in total. The minimum absolute atomic E-state index is 0.107. The number of carboxylic acids is 1. The summed E-state index contributed by atoms with van der Waals surface area (Å²) in [5.74, 6) is -4.78. The van der Waals surface area contributed by atoms with Crippen LogP contribution in [0.2, 0.25) is 0 Å². The molecule has 0 saturated heterocycles. The zero-order valence-corrected chi connectivity index (χ0v) is 18.0. The molecule has 4 amide bonds. The molecule has 5 unspecified atom stereocenters. The molecule has 0 aliphatic carbocycles. The van der Waals surface area contributed by atoms with Crippen LogP contribution >= 0.6 is 25.3 Å². The number of nitrogens with two attached hydrogens (primary N) is 2. The van der Waals surface area contributed by atoms with Crippen LogP contribution in [0, 0.1) is 5.92 Å². The molecule has 0 bridgehead atoms. The van der Waals surface area contributed by atoms with Crippen molar-refractivity contribution in [3.63, 3.8) is 0 Å². The van der Waals surface area contributed by atoms with Crippen molar-refractivity contribution >= 4 is 54.9 Å². The van der Waals surface area contributed by atoms with Gasteiger partial charge in [0.25, 0.3) is 0 Å². The second-order valence-electron chi connectivity index (χ2n) is 6.47. The van der Waals surface area contributed by atoms with Crippen molar-refractivity contribution in [2.45, 2.75) is 50.9 Å². The summed E-state index contributed by atoms with van der Waals surface area (Å²) in [5.41, 5.74) is 10.5. The van der Waals surface area contributed by atoms with E-state index in [1.165, 1.54) is 0 Å². The molecular formula is C16H29N5O6S2. The minimum atomic E-state index is -1.26. The van der Waals surface area contributed by atoms with E-state index in [2.05, 4.69) is 41.2 Å². The molecule has 0 aliphatic heterocycles. The van der Waals surface area contributed by atoms with E-state index in [0.29, 0.717) is 6.42 Å². The highest BCUT2D eigenvalue weighted by Gasteiger charge is 2.32. The Balaban J connectivity index is 5.23. The predicted molar refractivity (Wildman–Crippen MR) is 112 cm³/mol. The summed E-state index contributed by atoms with van der Waals surface area (Å²) in [7, 11) is 0. The van der Waals surface area contributed by atoms with Gasteiger partial charge in [-0.05, 0) is 5.92 Å². The molecule has 5 atom stereocenters. The summed E-state index contributed by atoms with van der Waals surface area (Å²) >= 11 is 7.90. The Bertz CT molecular complexity index is 621. The maximum absolute atomic E-state index is 12.6. The van der Waals surface area contributed by atoms with Gasteiger partial charge in [0.2, 0.25) is 23.6 Å². The highest BCUT2D eigenvalue weighted by atomic mass is 32.1. The Labute approximate surface area is 179 Å². The molecule has 29 heavy (non-hydrogen) atoms. The summed E-state index contributed by atoms with van der Waals surface area (Å²) in [4.78, 5) is 59.1. The summed E-state index contributed by atoms with van der Waals surface area (Å²) in [6, 6.07) is -4.64. The number of aliphatic carboxylic acids is 1. The van der Waals surface area contributed by atoms with Crippen molar-refractivity contribution in [1.29, 1.82) is 0 Å². The zero-order chi connectivity index (χ0) is 22.7. The minimum Gasteiger partial charge on any atom is -0.480 e. The van der Waals surface area contributed by atoms with Crippen LogP contribution < -0.4 is 27.4 Å². The molecule has 0 spiro atoms. The Morgan fingerprint density at radius 1 is 0.931 bits per heavy atom. The first-order valence-electron chi connectivity index (χ1n) is 8.87. The predicted octanol–water partition coefficient (Wildman–Crippen LogP) is -2.37. The van der Waals surface area contributed by atoms with Crippen molar-refractivity contribution in [2.75, 3.05) is 11.5 Å². The van der Waals surface area contributed by atoms with E-state index in [1.807, 2.05) is 0 Å². The maximum Gasteiger partial charge on any atom is 0.327 e. The molecule has 0 rings (SSSR count). The first-order valence-corrected chi connectivity index (χ1v) is 10.1. The van der Waals surface area contributed by atoms with Crippen LogP contribution in [-0.2, 0) is 24.0 Å². The maximum atomic E-state index is 12.6. The van der Waals surface area contributed by atoms with Crippen LogP contribution in [-0.4, -0.2) is 70.4 Å². The van der Waals surface area contributed by atoms with Gasteiger partial charge in [0.1, 0.15) is 18.1 Å². The molecule has 0 aromatic rings. The number of carbonyl (C=O) groups is 5. The molecule has 166 valence electrons. The molecule has 0 heterocycles. The normalized spacial score (nSPS) is 15.9. The van der Waals surface area contributed by atoms with Crippen molar-refractivity contribution in [3.8, 4) is 0 Å². The summed E-state index contributed by atoms with van der Waals surface area (Å²) < 4.78 is 0. The highest BCUT2D eigenvalue weighted by Crippen LogP contribution is 2.09. The smallest absolute Gasteiger partial charge is 0.327 e. The van der Waals surface area contributed by atoms with Gasteiger partial charge < -0.3 is 32.5 Å². The SMILES string of the molecule is CCC(C)C(NC(=O)C(CS)NC(=O)C(N)CC(N)=O)C(=O)NC(CS)C(=O)O. The molecule has 0 aromatic carbocycles. The Morgan fingerprint density at radius 3 is 1.86 bits per heavy atom. The van der Waals surface area contributed by atoms with E-state index < -0.39 is 60.2 Å². The van der Waals surface area contributed by atoms with E-state index >= 15 is 0 Å². The van der Waals surface area contributed by atoms with Crippen LogP contribution in [0.15, 0.2) is 0 Å². The van der Waals surface area contributed by atoms with E-state index in [1.54, 1.807) is 13.8 Å². The molecule has 0 aliphatic rings. The molecule has 0 aromatic heterocycles. The monoisotopic (exact) mass is 451 g/mol. The van der Waals surface area contributed by atoms with Crippen LogP contribution in [0.3, 0.4) is 0 Å². The van der Waals surface area contributed by atoms with E-state index in [-0.39, 0.29) is 17.4 Å². The number of rotatable bonds is 13. The van der Waals surface area contributed by atoms with Gasteiger partial charge in [-0.15, -0.1) is 0 Å². The first-order chi connectivity index (χ1) is 13.5. The zero-order valence-electron chi connectivity index (χ0n) is 16.3. The van der Waals surface area contributed by atoms with Gasteiger partial charge >= 0.3 is 5.97 Å². The average molecular weight is 452 g/mol. The standard InChI is InChI=1S/C16H29N5O6S2/c1-3-7(2)12(15(25)20-10(6-29)16(26)27)21-14(24)9(5-28)19-13(23)8(17)4-11(18)22/h7-10,12,28-29H,3-6,17H2,1-2H3,(H2,18,22)(H,19,23)(H,20,25)(H,21,24)(H,26,27). The van der Waals surface area contributed by atoms with Crippen molar-refractivity contribution in [3.05, 3.63) is 0 Å². The second kappa shape index (κ2) is 13.3. The van der Waals surface area contributed by atoms with Gasteiger partial charge in [-0.1, -0.05) is 20.3 Å². The Kier molecular flexibility index (Phi) is 12.4. The topological polar surface area (TPSA) is 194 Å². The van der Waals surface area contributed by atoms with Gasteiger partial charge in [0.15, 0.2) is 0 Å². The number of nitrogens with one attached hydrogen (secondary N) is 3. The van der Waals surface area contributed by atoms with Gasteiger partial charge in [-0.25, -0.2) is 4.79 Å². The number of hydrogen-bond acceptors (Lipinski definition) is 8. The van der Waals surface area contributed by atoms with Gasteiger partial charge in [0, 0.05) is 11.5 Å². The average Bonchev–Trinajstić information content (AvgIpc) is 2.66. The number of thiol groups is 2. The van der Waals surface area contributed by atoms with E-state index in [0.717, 1.165) is 0 Å². The third kappa shape index (κ3) is 9.37. The lowest BCUT2D eigenvalue weighted by Gasteiger charge is -2.27. The van der Waals surface area contributed by atoms with Gasteiger partial charge in [0.05, 0.1) is 12.5 Å². The molecule has 0 saturated carbocycles. The lowest BCUT2D eigenvalue weighted by molar-refractivity contribution is -0.142. The molecule has 0 radical (unpaired) electrons. The highest BCUT2D eigenvalue weighted by molar-refractivity contribution is 7.80. The van der Waals surface area contributed by atoms with Crippen molar-refractivity contribution < 1.29 is 29.1 Å². The Morgan fingerprint density at radius 2 is 1.45 bits per heavy atom. The van der Waals surface area contributed by atoms with Gasteiger partial charge in [-0.3, -0.25) is 19.2 Å². The molecular weight excluding hydrogens is 422 g/mol. The van der Waals surface area contributed by atoms with Crippen LogP contribution in [0.5, 0.6) is 0 Å². The van der Waals surface area contributed by atoms with Crippen molar-refractivity contribution in [2.24, 2.45) is 17.4 Å².